The Bertz CT molecular complexity index is 1290. The van der Waals surface area contributed by atoms with Crippen LogP contribution in [-0.4, -0.2) is 37.6 Å². The van der Waals surface area contributed by atoms with Crippen LogP contribution in [0.25, 0.3) is 11.5 Å². The Balaban J connectivity index is 1.37. The minimum atomic E-state index is -1.64. The molecule has 4 aromatic rings. The van der Waals surface area contributed by atoms with Gasteiger partial charge in [0.2, 0.25) is 0 Å². The Kier molecular flexibility index (Phi) is 7.44. The average molecular weight is 499 g/mol. The second-order valence-electron chi connectivity index (χ2n) is 7.35. The maximum Gasteiger partial charge on any atom is 0.251 e. The molecule has 0 aliphatic rings. The number of halogens is 2. The molecule has 2 heterocycles. The molecule has 0 aliphatic carbocycles. The number of carbonyl (C=O) groups is 1. The van der Waals surface area contributed by atoms with E-state index in [2.05, 4.69) is 20.3 Å². The van der Waals surface area contributed by atoms with Crippen molar-refractivity contribution in [3.05, 3.63) is 93.9 Å². The van der Waals surface area contributed by atoms with Gasteiger partial charge in [-0.05, 0) is 48.4 Å². The molecule has 34 heavy (non-hydrogen) atoms. The van der Waals surface area contributed by atoms with Gasteiger partial charge < -0.3 is 25.3 Å². The van der Waals surface area contributed by atoms with E-state index in [4.69, 9.17) is 27.9 Å². The summed E-state index contributed by atoms with van der Waals surface area (Å²) in [6.45, 7) is 0.420. The number of rotatable bonds is 8. The summed E-state index contributed by atoms with van der Waals surface area (Å²) in [7, 11) is 0. The number of hydrogen-bond donors (Lipinski definition) is 4. The fourth-order valence-electron chi connectivity index (χ4n) is 3.21. The normalized spacial score (nSPS) is 11.0. The maximum absolute atomic E-state index is 12.3. The highest BCUT2D eigenvalue weighted by atomic mass is 35.5. The molecule has 0 unspecified atom stereocenters. The lowest BCUT2D eigenvalue weighted by molar-refractivity contribution is -0.0455. The molecule has 0 atom stereocenters. The molecule has 8 nitrogen and oxygen atoms in total. The van der Waals surface area contributed by atoms with Gasteiger partial charge in [0.25, 0.3) is 5.91 Å². The number of aliphatic hydroxyl groups excluding tert-OH is 1. The molecule has 0 spiro atoms. The molecule has 2 aromatic heterocycles. The van der Waals surface area contributed by atoms with Crippen LogP contribution in [0.2, 0.25) is 10.0 Å². The van der Waals surface area contributed by atoms with E-state index in [0.29, 0.717) is 51.6 Å². The number of aliphatic hydroxyl groups is 2. The fourth-order valence-corrected chi connectivity index (χ4v) is 3.73. The number of ether oxygens (including phenoxy) is 1. The lowest BCUT2D eigenvalue weighted by Gasteiger charge is -2.09. The number of H-pyrrole nitrogens is 1. The molecule has 4 rings (SSSR count). The lowest BCUT2D eigenvalue weighted by atomic mass is 10.1. The van der Waals surface area contributed by atoms with Crippen molar-refractivity contribution in [2.75, 3.05) is 6.54 Å². The maximum atomic E-state index is 12.3. The van der Waals surface area contributed by atoms with Crippen molar-refractivity contribution in [3.8, 4) is 23.0 Å². The minimum Gasteiger partial charge on any atom is -0.457 e. The van der Waals surface area contributed by atoms with E-state index >= 15 is 0 Å². The Morgan fingerprint density at radius 2 is 1.79 bits per heavy atom. The number of imidazole rings is 1. The molecule has 0 saturated carbocycles. The number of carbonyl (C=O) groups excluding carboxylic acids is 1. The predicted octanol–water partition coefficient (Wildman–Crippen LogP) is 4.53. The summed E-state index contributed by atoms with van der Waals surface area (Å²) in [6, 6.07) is 15.6. The zero-order valence-corrected chi connectivity index (χ0v) is 19.2. The second-order valence-corrected chi connectivity index (χ2v) is 8.22. The number of aromatic amines is 1. The molecule has 2 aromatic carbocycles. The molecule has 0 radical (unpaired) electrons. The van der Waals surface area contributed by atoms with Crippen LogP contribution < -0.4 is 10.1 Å². The van der Waals surface area contributed by atoms with Crippen LogP contribution >= 0.6 is 23.2 Å². The summed E-state index contributed by atoms with van der Waals surface area (Å²) in [5.74, 6) is 1.29. The number of hydrogen-bond acceptors (Lipinski definition) is 6. The Morgan fingerprint density at radius 1 is 1.03 bits per heavy atom. The summed E-state index contributed by atoms with van der Waals surface area (Å²) in [4.78, 5) is 23.5. The zero-order chi connectivity index (χ0) is 24.1. The summed E-state index contributed by atoms with van der Waals surface area (Å²) in [5, 5.41) is 22.1. The number of benzene rings is 2. The van der Waals surface area contributed by atoms with Gasteiger partial charge in [0.15, 0.2) is 12.1 Å². The third kappa shape index (κ3) is 6.12. The van der Waals surface area contributed by atoms with Crippen LogP contribution in [-0.2, 0) is 6.42 Å². The highest BCUT2D eigenvalue weighted by Crippen LogP contribution is 2.26. The summed E-state index contributed by atoms with van der Waals surface area (Å²) >= 11 is 11.9. The van der Waals surface area contributed by atoms with Crippen molar-refractivity contribution >= 4 is 29.1 Å². The van der Waals surface area contributed by atoms with E-state index in [-0.39, 0.29) is 11.6 Å². The Hall–Kier alpha value is -3.43. The van der Waals surface area contributed by atoms with Crippen LogP contribution in [0, 0.1) is 0 Å². The van der Waals surface area contributed by atoms with Gasteiger partial charge in [0, 0.05) is 34.4 Å². The first kappa shape index (κ1) is 23.7. The van der Waals surface area contributed by atoms with E-state index in [1.54, 1.807) is 36.5 Å². The van der Waals surface area contributed by atoms with E-state index in [1.165, 1.54) is 6.20 Å². The van der Waals surface area contributed by atoms with Crippen molar-refractivity contribution in [2.45, 2.75) is 12.7 Å². The molecule has 4 N–H and O–H groups in total. The SMILES string of the molecule is O=C(NCCc1cccc(Oc2ccnc(-c3ncc(C(O)O)[nH]3)c2)c1)c1cc(Cl)cc(Cl)c1. The number of amides is 1. The number of pyridine rings is 1. The van der Waals surface area contributed by atoms with Gasteiger partial charge in [-0.1, -0.05) is 35.3 Å². The van der Waals surface area contributed by atoms with Gasteiger partial charge in [-0.3, -0.25) is 9.78 Å². The standard InChI is InChI=1S/C24H20Cl2N4O4/c25-16-9-15(10-17(26)11-16)23(31)28-6-4-14-2-1-3-18(8-14)34-19-5-7-27-20(12-19)22-29-13-21(30-22)24(32)33/h1-3,5,7-13,24,32-33H,4,6H2,(H,28,31)(H,29,30). The van der Waals surface area contributed by atoms with Crippen LogP contribution in [0.3, 0.4) is 0 Å². The van der Waals surface area contributed by atoms with Crippen LogP contribution in [0.5, 0.6) is 11.5 Å². The number of nitrogens with zero attached hydrogens (tertiary/aromatic N) is 2. The van der Waals surface area contributed by atoms with Gasteiger partial charge >= 0.3 is 0 Å². The van der Waals surface area contributed by atoms with Crippen molar-refractivity contribution in [2.24, 2.45) is 0 Å². The van der Waals surface area contributed by atoms with Crippen molar-refractivity contribution in [1.82, 2.24) is 20.3 Å². The topological polar surface area (TPSA) is 120 Å². The van der Waals surface area contributed by atoms with Gasteiger partial charge in [-0.2, -0.15) is 0 Å². The smallest absolute Gasteiger partial charge is 0.251 e. The van der Waals surface area contributed by atoms with E-state index < -0.39 is 6.29 Å². The predicted molar refractivity (Wildman–Crippen MR) is 128 cm³/mol. The van der Waals surface area contributed by atoms with Gasteiger partial charge in [0.1, 0.15) is 17.2 Å². The summed E-state index contributed by atoms with van der Waals surface area (Å²) in [6.07, 6.45) is 1.86. The Labute approximate surface area is 205 Å². The molecular formula is C24H20Cl2N4O4. The molecule has 0 fully saturated rings. The second kappa shape index (κ2) is 10.7. The van der Waals surface area contributed by atoms with Crippen LogP contribution in [0.15, 0.2) is 67.0 Å². The number of aromatic nitrogens is 3. The third-order valence-electron chi connectivity index (χ3n) is 4.81. The first-order valence-corrected chi connectivity index (χ1v) is 11.0. The third-order valence-corrected chi connectivity index (χ3v) is 5.24. The van der Waals surface area contributed by atoms with E-state index in [1.807, 2.05) is 24.3 Å². The Morgan fingerprint density at radius 3 is 2.53 bits per heavy atom. The highest BCUT2D eigenvalue weighted by Gasteiger charge is 2.11. The molecule has 0 aliphatic heterocycles. The first-order chi connectivity index (χ1) is 16.4. The van der Waals surface area contributed by atoms with Crippen molar-refractivity contribution in [1.29, 1.82) is 0 Å². The molecular weight excluding hydrogens is 479 g/mol. The van der Waals surface area contributed by atoms with Crippen molar-refractivity contribution < 1.29 is 19.7 Å². The lowest BCUT2D eigenvalue weighted by Crippen LogP contribution is -2.25. The van der Waals surface area contributed by atoms with Crippen LogP contribution in [0.1, 0.15) is 27.9 Å². The largest absolute Gasteiger partial charge is 0.457 e. The van der Waals surface area contributed by atoms with Crippen molar-refractivity contribution in [3.63, 3.8) is 0 Å². The highest BCUT2D eigenvalue weighted by molar-refractivity contribution is 6.35. The minimum absolute atomic E-state index is 0.168. The molecule has 0 bridgehead atoms. The van der Waals surface area contributed by atoms with Gasteiger partial charge in [-0.25, -0.2) is 4.98 Å². The van der Waals surface area contributed by atoms with Gasteiger partial charge in [0.05, 0.1) is 11.9 Å². The molecule has 174 valence electrons. The number of nitrogens with one attached hydrogen (secondary N) is 2. The van der Waals surface area contributed by atoms with E-state index in [0.717, 1.165) is 5.56 Å². The average Bonchev–Trinajstić information content (AvgIpc) is 3.30. The van der Waals surface area contributed by atoms with Gasteiger partial charge in [-0.15, -0.1) is 0 Å². The van der Waals surface area contributed by atoms with E-state index in [9.17, 15) is 15.0 Å². The quantitative estimate of drug-likeness (QED) is 0.265. The molecule has 0 saturated heterocycles. The monoisotopic (exact) mass is 498 g/mol. The summed E-state index contributed by atoms with van der Waals surface area (Å²) < 4.78 is 5.96. The fraction of sp³-hybridized carbons (Fsp3) is 0.125. The molecule has 10 heteroatoms. The summed E-state index contributed by atoms with van der Waals surface area (Å²) in [5.41, 5.74) is 2.04. The molecule has 1 amide bonds. The van der Waals surface area contributed by atoms with Crippen LogP contribution in [0.4, 0.5) is 0 Å². The first-order valence-electron chi connectivity index (χ1n) is 10.3. The zero-order valence-electron chi connectivity index (χ0n) is 17.7.